The lowest BCUT2D eigenvalue weighted by Gasteiger charge is -2.14. The molecule has 20 heavy (non-hydrogen) atoms. The Hall–Kier alpha value is -2.39. The van der Waals surface area contributed by atoms with Gasteiger partial charge in [-0.1, -0.05) is 6.07 Å². The molecule has 1 aromatic carbocycles. The maximum Gasteiger partial charge on any atom is 0.289 e. The van der Waals surface area contributed by atoms with E-state index in [0.29, 0.717) is 5.69 Å². The summed E-state index contributed by atoms with van der Waals surface area (Å²) in [6.45, 7) is 2.02. The summed E-state index contributed by atoms with van der Waals surface area (Å²) in [5.74, 6) is 0. The van der Waals surface area contributed by atoms with Crippen LogP contribution in [0.4, 0.5) is 11.4 Å². The van der Waals surface area contributed by atoms with E-state index in [2.05, 4.69) is 11.4 Å². The number of rotatable bonds is 5. The highest BCUT2D eigenvalue weighted by Crippen LogP contribution is 2.23. The maximum absolute atomic E-state index is 10.9. The Balaban J connectivity index is 2.11. The number of hydrogen-bond acceptors (Lipinski definition) is 5. The molecule has 2 rings (SSSR count). The number of anilines is 1. The average molecular weight is 287 g/mol. The van der Waals surface area contributed by atoms with E-state index in [4.69, 9.17) is 5.26 Å². The summed E-state index contributed by atoms with van der Waals surface area (Å²) >= 11 is 1.68. The fraction of sp³-hybridized carbons (Fsp3) is 0.214. The van der Waals surface area contributed by atoms with Crippen molar-refractivity contribution < 1.29 is 4.92 Å². The quantitative estimate of drug-likeness (QED) is 0.673. The number of benzene rings is 1. The summed E-state index contributed by atoms with van der Waals surface area (Å²) < 4.78 is 0. The van der Waals surface area contributed by atoms with E-state index in [1.54, 1.807) is 17.4 Å². The van der Waals surface area contributed by atoms with Crippen molar-refractivity contribution in [1.82, 2.24) is 0 Å². The van der Waals surface area contributed by atoms with Crippen LogP contribution in [0.3, 0.4) is 0 Å². The molecule has 1 heterocycles. The number of nitriles is 1. The molecule has 0 radical (unpaired) electrons. The van der Waals surface area contributed by atoms with Crippen molar-refractivity contribution in [2.75, 3.05) is 5.32 Å². The van der Waals surface area contributed by atoms with Gasteiger partial charge in [0.2, 0.25) is 0 Å². The molecule has 0 saturated carbocycles. The minimum Gasteiger partial charge on any atom is -0.382 e. The highest BCUT2D eigenvalue weighted by atomic mass is 32.1. The Kier molecular flexibility index (Phi) is 4.33. The van der Waals surface area contributed by atoms with Crippen LogP contribution in [-0.2, 0) is 6.42 Å². The SMILES string of the molecule is CC(Cc1cccs1)Nc1ccc(C#N)c([N+](=O)[O-])c1. The van der Waals surface area contributed by atoms with Gasteiger partial charge in [0.15, 0.2) is 0 Å². The lowest BCUT2D eigenvalue weighted by molar-refractivity contribution is -0.385. The second-order valence-corrected chi connectivity index (χ2v) is 5.46. The summed E-state index contributed by atoms with van der Waals surface area (Å²) in [4.78, 5) is 11.6. The van der Waals surface area contributed by atoms with Crippen LogP contribution in [0.15, 0.2) is 35.7 Å². The van der Waals surface area contributed by atoms with Crippen LogP contribution in [-0.4, -0.2) is 11.0 Å². The van der Waals surface area contributed by atoms with Crippen molar-refractivity contribution in [2.45, 2.75) is 19.4 Å². The third kappa shape index (κ3) is 3.33. The Bertz CT molecular complexity index is 647. The van der Waals surface area contributed by atoms with Crippen LogP contribution >= 0.6 is 11.3 Å². The number of nitro groups is 1. The van der Waals surface area contributed by atoms with Gasteiger partial charge >= 0.3 is 0 Å². The minimum absolute atomic E-state index is 0.0754. The molecule has 0 fully saturated rings. The highest BCUT2D eigenvalue weighted by molar-refractivity contribution is 7.09. The smallest absolute Gasteiger partial charge is 0.289 e. The van der Waals surface area contributed by atoms with Gasteiger partial charge in [-0.3, -0.25) is 10.1 Å². The maximum atomic E-state index is 10.9. The predicted octanol–water partition coefficient (Wildman–Crippen LogP) is 3.57. The topological polar surface area (TPSA) is 79.0 Å². The van der Waals surface area contributed by atoms with Gasteiger partial charge in [0.25, 0.3) is 5.69 Å². The van der Waals surface area contributed by atoms with Crippen molar-refractivity contribution >= 4 is 22.7 Å². The van der Waals surface area contributed by atoms with E-state index in [0.717, 1.165) is 6.42 Å². The zero-order valence-corrected chi connectivity index (χ0v) is 11.7. The van der Waals surface area contributed by atoms with Crippen molar-refractivity contribution in [3.63, 3.8) is 0 Å². The fourth-order valence-corrected chi connectivity index (χ4v) is 2.77. The van der Waals surface area contributed by atoms with E-state index in [-0.39, 0.29) is 17.3 Å². The molecular weight excluding hydrogens is 274 g/mol. The first-order valence-electron chi connectivity index (χ1n) is 6.07. The molecule has 2 aromatic rings. The van der Waals surface area contributed by atoms with E-state index < -0.39 is 4.92 Å². The second-order valence-electron chi connectivity index (χ2n) is 4.43. The number of hydrogen-bond donors (Lipinski definition) is 1. The fourth-order valence-electron chi connectivity index (χ4n) is 1.93. The molecule has 6 heteroatoms. The molecule has 1 atom stereocenters. The van der Waals surface area contributed by atoms with Crippen molar-refractivity contribution in [1.29, 1.82) is 5.26 Å². The van der Waals surface area contributed by atoms with Gasteiger partial charge in [0, 0.05) is 29.1 Å². The summed E-state index contributed by atoms with van der Waals surface area (Å²) in [5.41, 5.74) is 0.562. The zero-order chi connectivity index (χ0) is 14.5. The zero-order valence-electron chi connectivity index (χ0n) is 10.9. The summed E-state index contributed by atoms with van der Waals surface area (Å²) in [5, 5.41) is 25.0. The van der Waals surface area contributed by atoms with Crippen molar-refractivity contribution in [2.24, 2.45) is 0 Å². The van der Waals surface area contributed by atoms with Crippen molar-refractivity contribution in [3.8, 4) is 6.07 Å². The summed E-state index contributed by atoms with van der Waals surface area (Å²) in [6, 6.07) is 10.6. The van der Waals surface area contributed by atoms with E-state index in [1.165, 1.54) is 17.0 Å². The first kappa shape index (κ1) is 14.0. The van der Waals surface area contributed by atoms with Crippen molar-refractivity contribution in [3.05, 3.63) is 56.3 Å². The molecule has 5 nitrogen and oxygen atoms in total. The lowest BCUT2D eigenvalue weighted by Crippen LogP contribution is -2.17. The van der Waals surface area contributed by atoms with Gasteiger partial charge in [-0.15, -0.1) is 11.3 Å². The Morgan fingerprint density at radius 1 is 1.50 bits per heavy atom. The van der Waals surface area contributed by atoms with Gasteiger partial charge in [-0.2, -0.15) is 5.26 Å². The minimum atomic E-state index is -0.534. The molecule has 1 aromatic heterocycles. The van der Waals surface area contributed by atoms with Crippen LogP contribution in [0.25, 0.3) is 0 Å². The monoisotopic (exact) mass is 287 g/mol. The molecule has 0 spiro atoms. The van der Waals surface area contributed by atoms with E-state index in [1.807, 2.05) is 24.4 Å². The molecular formula is C14H13N3O2S. The molecule has 0 aliphatic rings. The third-order valence-electron chi connectivity index (χ3n) is 2.82. The predicted molar refractivity (Wildman–Crippen MR) is 78.9 cm³/mol. The summed E-state index contributed by atoms with van der Waals surface area (Å²) in [7, 11) is 0. The molecule has 0 aliphatic heterocycles. The molecule has 0 saturated heterocycles. The Morgan fingerprint density at radius 2 is 2.30 bits per heavy atom. The Morgan fingerprint density at radius 3 is 2.90 bits per heavy atom. The van der Waals surface area contributed by atoms with Crippen LogP contribution in [0, 0.1) is 21.4 Å². The number of nitrogens with one attached hydrogen (secondary N) is 1. The van der Waals surface area contributed by atoms with Gasteiger partial charge in [0.1, 0.15) is 11.6 Å². The van der Waals surface area contributed by atoms with Gasteiger partial charge in [-0.05, 0) is 30.5 Å². The lowest BCUT2D eigenvalue weighted by atomic mass is 10.1. The van der Waals surface area contributed by atoms with Gasteiger partial charge in [-0.25, -0.2) is 0 Å². The molecule has 102 valence electrons. The largest absolute Gasteiger partial charge is 0.382 e. The van der Waals surface area contributed by atoms with Crippen LogP contribution < -0.4 is 5.32 Å². The molecule has 1 N–H and O–H groups in total. The standard InChI is InChI=1S/C14H13N3O2S/c1-10(7-13-3-2-6-20-13)16-12-5-4-11(9-15)14(8-12)17(18)19/h2-6,8,10,16H,7H2,1H3. The van der Waals surface area contributed by atoms with Crippen LogP contribution in [0.1, 0.15) is 17.4 Å². The number of nitro benzene ring substituents is 1. The first-order chi connectivity index (χ1) is 9.60. The normalized spacial score (nSPS) is 11.6. The Labute approximate surface area is 120 Å². The molecule has 0 amide bonds. The van der Waals surface area contributed by atoms with Crippen LogP contribution in [0.5, 0.6) is 0 Å². The van der Waals surface area contributed by atoms with Gasteiger partial charge < -0.3 is 5.32 Å². The molecule has 1 unspecified atom stereocenters. The summed E-state index contributed by atoms with van der Waals surface area (Å²) in [6.07, 6.45) is 0.853. The van der Waals surface area contributed by atoms with Crippen LogP contribution in [0.2, 0.25) is 0 Å². The highest BCUT2D eigenvalue weighted by Gasteiger charge is 2.15. The molecule has 0 bridgehead atoms. The number of thiophene rings is 1. The number of nitrogens with zero attached hydrogens (tertiary/aromatic N) is 2. The van der Waals surface area contributed by atoms with E-state index in [9.17, 15) is 10.1 Å². The average Bonchev–Trinajstić information content (AvgIpc) is 2.91. The molecule has 0 aliphatic carbocycles. The second kappa shape index (κ2) is 6.17. The third-order valence-corrected chi connectivity index (χ3v) is 3.71. The van der Waals surface area contributed by atoms with Gasteiger partial charge in [0.05, 0.1) is 4.92 Å². The van der Waals surface area contributed by atoms with E-state index >= 15 is 0 Å². The first-order valence-corrected chi connectivity index (χ1v) is 6.95.